The molecule has 0 bridgehead atoms. The highest BCUT2D eigenvalue weighted by Gasteiger charge is 2.33. The summed E-state index contributed by atoms with van der Waals surface area (Å²) in [5, 5.41) is 8.62. The zero-order valence-electron chi connectivity index (χ0n) is 9.10. The number of nitriles is 1. The largest absolute Gasteiger partial charge is 0.417 e. The normalized spacial score (nSPS) is 13.2. The topological polar surface area (TPSA) is 23.8 Å². The molecule has 1 unspecified atom stereocenters. The fraction of sp³-hybridized carbons (Fsp3) is 0.417. The Bertz CT molecular complexity index is 415. The lowest BCUT2D eigenvalue weighted by Crippen LogP contribution is -2.09. The number of hydrogen-bond acceptors (Lipinski definition) is 1. The molecule has 0 radical (unpaired) electrons. The van der Waals surface area contributed by atoms with Gasteiger partial charge in [-0.05, 0) is 30.0 Å². The molecule has 0 aromatic heterocycles. The first-order valence-electron chi connectivity index (χ1n) is 5.01. The third-order valence-electron chi connectivity index (χ3n) is 2.65. The lowest BCUT2D eigenvalue weighted by Gasteiger charge is -2.14. The van der Waals surface area contributed by atoms with Crippen molar-refractivity contribution in [2.24, 2.45) is 0 Å². The maximum absolute atomic E-state index is 12.6. The van der Waals surface area contributed by atoms with E-state index in [0.29, 0.717) is 5.56 Å². The predicted molar refractivity (Wildman–Crippen MR) is 54.9 cm³/mol. The van der Waals surface area contributed by atoms with Crippen molar-refractivity contribution in [3.63, 3.8) is 0 Å². The molecular weight excluding hydrogens is 215 g/mol. The van der Waals surface area contributed by atoms with Crippen molar-refractivity contribution in [3.8, 4) is 6.07 Å². The number of alkyl halides is 3. The molecule has 4 heteroatoms. The van der Waals surface area contributed by atoms with E-state index in [9.17, 15) is 13.2 Å². The SMILES string of the molecule is CCC(C)c1ccc(C#N)c(C(F)(F)F)c1. The van der Waals surface area contributed by atoms with Gasteiger partial charge in [-0.25, -0.2) is 0 Å². The summed E-state index contributed by atoms with van der Waals surface area (Å²) >= 11 is 0. The second-order valence-corrected chi connectivity index (χ2v) is 3.72. The van der Waals surface area contributed by atoms with Crippen LogP contribution in [-0.4, -0.2) is 0 Å². The van der Waals surface area contributed by atoms with Gasteiger partial charge in [-0.15, -0.1) is 0 Å². The van der Waals surface area contributed by atoms with E-state index >= 15 is 0 Å². The summed E-state index contributed by atoms with van der Waals surface area (Å²) in [4.78, 5) is 0. The molecule has 1 rings (SSSR count). The summed E-state index contributed by atoms with van der Waals surface area (Å²) in [5.74, 6) is 0.0637. The Morgan fingerprint density at radius 2 is 2.00 bits per heavy atom. The molecule has 0 saturated heterocycles. The predicted octanol–water partition coefficient (Wildman–Crippen LogP) is 4.09. The van der Waals surface area contributed by atoms with Crippen molar-refractivity contribution < 1.29 is 13.2 Å². The molecule has 86 valence electrons. The van der Waals surface area contributed by atoms with Gasteiger partial charge in [0.25, 0.3) is 0 Å². The van der Waals surface area contributed by atoms with Gasteiger partial charge in [-0.3, -0.25) is 0 Å². The number of nitrogens with zero attached hydrogens (tertiary/aromatic N) is 1. The van der Waals surface area contributed by atoms with Crippen LogP contribution in [0.15, 0.2) is 18.2 Å². The van der Waals surface area contributed by atoms with Crippen molar-refractivity contribution in [1.82, 2.24) is 0 Å². The molecule has 0 spiro atoms. The standard InChI is InChI=1S/C12H12F3N/c1-3-8(2)9-4-5-10(7-16)11(6-9)12(13,14)15/h4-6,8H,3H2,1-2H3. The minimum absolute atomic E-state index is 0.0637. The molecule has 0 aliphatic carbocycles. The summed E-state index contributed by atoms with van der Waals surface area (Å²) in [6, 6.07) is 5.47. The van der Waals surface area contributed by atoms with Crippen molar-refractivity contribution in [2.75, 3.05) is 0 Å². The van der Waals surface area contributed by atoms with Gasteiger partial charge in [0.1, 0.15) is 0 Å². The first kappa shape index (κ1) is 12.6. The van der Waals surface area contributed by atoms with Crippen molar-refractivity contribution in [1.29, 1.82) is 5.26 Å². The minimum Gasteiger partial charge on any atom is -0.192 e. The Hall–Kier alpha value is -1.50. The summed E-state index contributed by atoms with van der Waals surface area (Å²) < 4.78 is 37.9. The molecule has 1 aromatic carbocycles. The number of hydrogen-bond donors (Lipinski definition) is 0. The van der Waals surface area contributed by atoms with Crippen molar-refractivity contribution in [2.45, 2.75) is 32.4 Å². The van der Waals surface area contributed by atoms with Crippen LogP contribution < -0.4 is 0 Å². The second kappa shape index (κ2) is 4.56. The first-order chi connectivity index (χ1) is 7.40. The van der Waals surface area contributed by atoms with Crippen molar-refractivity contribution >= 4 is 0 Å². The zero-order chi connectivity index (χ0) is 12.3. The lowest BCUT2D eigenvalue weighted by molar-refractivity contribution is -0.137. The molecular formula is C12H12F3N. The molecule has 0 aliphatic heterocycles. The van der Waals surface area contributed by atoms with Gasteiger partial charge < -0.3 is 0 Å². The first-order valence-corrected chi connectivity index (χ1v) is 5.01. The maximum atomic E-state index is 12.6. The zero-order valence-corrected chi connectivity index (χ0v) is 9.10. The van der Waals surface area contributed by atoms with Gasteiger partial charge in [-0.2, -0.15) is 18.4 Å². The fourth-order valence-electron chi connectivity index (χ4n) is 1.44. The maximum Gasteiger partial charge on any atom is 0.417 e. The number of rotatable bonds is 2. The van der Waals surface area contributed by atoms with E-state index in [2.05, 4.69) is 0 Å². The molecule has 0 saturated carbocycles. The van der Waals surface area contributed by atoms with Gasteiger partial charge in [0.2, 0.25) is 0 Å². The Morgan fingerprint density at radius 3 is 2.44 bits per heavy atom. The summed E-state index contributed by atoms with van der Waals surface area (Å²) in [6.45, 7) is 3.78. The number of benzene rings is 1. The van der Waals surface area contributed by atoms with E-state index in [1.54, 1.807) is 12.1 Å². The molecule has 16 heavy (non-hydrogen) atoms. The lowest BCUT2D eigenvalue weighted by atomic mass is 9.94. The van der Waals surface area contributed by atoms with E-state index in [1.165, 1.54) is 6.07 Å². The van der Waals surface area contributed by atoms with E-state index in [1.807, 2.05) is 13.8 Å². The average molecular weight is 227 g/mol. The molecule has 1 nitrogen and oxygen atoms in total. The molecule has 0 amide bonds. The highest BCUT2D eigenvalue weighted by molar-refractivity contribution is 5.42. The van der Waals surface area contributed by atoms with Gasteiger partial charge in [0.05, 0.1) is 17.2 Å². The molecule has 1 aromatic rings. The van der Waals surface area contributed by atoms with Gasteiger partial charge in [0.15, 0.2) is 0 Å². The Kier molecular flexibility index (Phi) is 3.58. The summed E-state index contributed by atoms with van der Waals surface area (Å²) in [7, 11) is 0. The summed E-state index contributed by atoms with van der Waals surface area (Å²) in [6.07, 6.45) is -3.70. The van der Waals surface area contributed by atoms with Crippen LogP contribution in [0.25, 0.3) is 0 Å². The Morgan fingerprint density at radius 1 is 1.38 bits per heavy atom. The van der Waals surface area contributed by atoms with Crippen LogP contribution in [0.4, 0.5) is 13.2 Å². The Labute approximate surface area is 92.5 Å². The van der Waals surface area contributed by atoms with E-state index < -0.39 is 11.7 Å². The highest BCUT2D eigenvalue weighted by Crippen LogP contribution is 2.34. The van der Waals surface area contributed by atoms with Gasteiger partial charge in [0, 0.05) is 0 Å². The number of halogens is 3. The highest BCUT2D eigenvalue weighted by atomic mass is 19.4. The van der Waals surface area contributed by atoms with Crippen LogP contribution in [0.3, 0.4) is 0 Å². The van der Waals surface area contributed by atoms with Crippen molar-refractivity contribution in [3.05, 3.63) is 34.9 Å². The van der Waals surface area contributed by atoms with Crippen LogP contribution in [0.5, 0.6) is 0 Å². The third-order valence-corrected chi connectivity index (χ3v) is 2.65. The third kappa shape index (κ3) is 2.54. The molecule has 1 atom stereocenters. The fourth-order valence-corrected chi connectivity index (χ4v) is 1.44. The monoisotopic (exact) mass is 227 g/mol. The van der Waals surface area contributed by atoms with Crippen LogP contribution in [-0.2, 0) is 6.18 Å². The van der Waals surface area contributed by atoms with Gasteiger partial charge in [-0.1, -0.05) is 19.9 Å². The van der Waals surface area contributed by atoms with Crippen LogP contribution in [0.2, 0.25) is 0 Å². The van der Waals surface area contributed by atoms with Gasteiger partial charge >= 0.3 is 6.18 Å². The van der Waals surface area contributed by atoms with E-state index in [4.69, 9.17) is 5.26 Å². The quantitative estimate of drug-likeness (QED) is 0.746. The molecule has 0 aliphatic rings. The average Bonchev–Trinajstić information content (AvgIpc) is 2.26. The second-order valence-electron chi connectivity index (χ2n) is 3.72. The van der Waals surface area contributed by atoms with Crippen LogP contribution in [0, 0.1) is 11.3 Å². The van der Waals surface area contributed by atoms with E-state index in [-0.39, 0.29) is 11.5 Å². The van der Waals surface area contributed by atoms with E-state index in [0.717, 1.165) is 12.5 Å². The smallest absolute Gasteiger partial charge is 0.192 e. The minimum atomic E-state index is -4.46. The Balaban J connectivity index is 3.29. The van der Waals surface area contributed by atoms with Crippen LogP contribution in [0.1, 0.15) is 42.9 Å². The molecule has 0 heterocycles. The van der Waals surface area contributed by atoms with Crippen LogP contribution >= 0.6 is 0 Å². The summed E-state index contributed by atoms with van der Waals surface area (Å²) in [5.41, 5.74) is -0.541. The molecule has 0 fully saturated rings. The molecule has 0 N–H and O–H groups in total.